The fraction of sp³-hybridized carbons (Fsp3) is 0.528. The quantitative estimate of drug-likeness (QED) is 0.321. The molecule has 7 rings (SSSR count). The van der Waals surface area contributed by atoms with Gasteiger partial charge in [0, 0.05) is 62.6 Å². The standard InChI is InChI=1S/C36H47N7O3/c44-34(41-18-10-27(11-19-41)26-7-15-37-16-8-26)33(24-25-5-6-31-29(23-25)9-17-38-31)40-35(45)42-20-13-30(14-21-42)43-22-12-28-3-1-2-4-32(28)39-36(43)46/h1-6,9,17,23,26-27,30,33,37-38H,7-8,10-16,18-22,24H2,(H,39,46)(H,40,45). The topological polar surface area (TPSA) is 113 Å². The van der Waals surface area contributed by atoms with Gasteiger partial charge in [-0.05, 0) is 111 Å². The molecule has 3 saturated heterocycles. The highest BCUT2D eigenvalue weighted by Gasteiger charge is 2.35. The van der Waals surface area contributed by atoms with Crippen LogP contribution in [-0.2, 0) is 17.6 Å². The summed E-state index contributed by atoms with van der Waals surface area (Å²) in [5.41, 5.74) is 4.12. The summed E-state index contributed by atoms with van der Waals surface area (Å²) in [6, 6.07) is 15.4. The number of nitrogens with one attached hydrogen (secondary N) is 4. The number of likely N-dealkylation sites (tertiary alicyclic amines) is 2. The predicted octanol–water partition coefficient (Wildman–Crippen LogP) is 4.58. The van der Waals surface area contributed by atoms with Crippen molar-refractivity contribution in [2.24, 2.45) is 11.8 Å². The van der Waals surface area contributed by atoms with Crippen LogP contribution in [-0.4, -0.2) is 95.6 Å². The number of urea groups is 2. The molecule has 3 aromatic rings. The maximum absolute atomic E-state index is 14.1. The van der Waals surface area contributed by atoms with Crippen LogP contribution in [0.15, 0.2) is 54.7 Å². The molecule has 0 spiro atoms. The Morgan fingerprint density at radius 1 is 0.848 bits per heavy atom. The third-order valence-corrected chi connectivity index (χ3v) is 10.9. The Morgan fingerprint density at radius 3 is 2.39 bits per heavy atom. The second-order valence-corrected chi connectivity index (χ2v) is 13.6. The summed E-state index contributed by atoms with van der Waals surface area (Å²) in [4.78, 5) is 49.8. The summed E-state index contributed by atoms with van der Waals surface area (Å²) in [7, 11) is 0. The first-order valence-corrected chi connectivity index (χ1v) is 17.3. The second-order valence-electron chi connectivity index (χ2n) is 13.6. The molecule has 0 radical (unpaired) electrons. The number of para-hydroxylation sites is 1. The Labute approximate surface area is 271 Å². The molecule has 46 heavy (non-hydrogen) atoms. The zero-order valence-electron chi connectivity index (χ0n) is 26.7. The SMILES string of the molecule is O=C(NC(Cc1ccc2[nH]ccc2c1)C(=O)N1CCC(C2CCNCC2)CC1)N1CCC(N2CCc3ccccc3NC2=O)CC1. The number of H-pyrrole nitrogens is 1. The highest BCUT2D eigenvalue weighted by molar-refractivity contribution is 5.91. The van der Waals surface area contributed by atoms with Gasteiger partial charge in [0.05, 0.1) is 0 Å². The minimum atomic E-state index is -0.632. The molecule has 2 aromatic carbocycles. The lowest BCUT2D eigenvalue weighted by atomic mass is 9.79. The molecule has 4 N–H and O–H groups in total. The number of anilines is 1. The predicted molar refractivity (Wildman–Crippen MR) is 180 cm³/mol. The Morgan fingerprint density at radius 2 is 1.59 bits per heavy atom. The summed E-state index contributed by atoms with van der Waals surface area (Å²) in [6.45, 7) is 5.46. The van der Waals surface area contributed by atoms with Gasteiger partial charge in [-0.3, -0.25) is 4.79 Å². The number of piperidine rings is 3. The fourth-order valence-electron chi connectivity index (χ4n) is 8.15. The third-order valence-electron chi connectivity index (χ3n) is 10.9. The Kier molecular flexibility index (Phi) is 9.14. The van der Waals surface area contributed by atoms with E-state index in [2.05, 4.69) is 33.1 Å². The van der Waals surface area contributed by atoms with E-state index in [-0.39, 0.29) is 24.0 Å². The van der Waals surface area contributed by atoms with Crippen molar-refractivity contribution in [2.75, 3.05) is 51.1 Å². The number of carbonyl (C=O) groups is 3. The fourth-order valence-corrected chi connectivity index (χ4v) is 8.15. The van der Waals surface area contributed by atoms with Crippen LogP contribution in [0.25, 0.3) is 10.9 Å². The molecule has 10 heteroatoms. The van der Waals surface area contributed by atoms with Crippen molar-refractivity contribution in [1.29, 1.82) is 0 Å². The molecule has 0 bridgehead atoms. The van der Waals surface area contributed by atoms with Crippen LogP contribution in [0.4, 0.5) is 15.3 Å². The molecule has 0 saturated carbocycles. The molecule has 1 unspecified atom stereocenters. The smallest absolute Gasteiger partial charge is 0.322 e. The monoisotopic (exact) mass is 625 g/mol. The average molecular weight is 626 g/mol. The van der Waals surface area contributed by atoms with Gasteiger partial charge in [-0.1, -0.05) is 24.3 Å². The summed E-state index contributed by atoms with van der Waals surface area (Å²) >= 11 is 0. The highest BCUT2D eigenvalue weighted by atomic mass is 16.2. The molecule has 0 aliphatic carbocycles. The van der Waals surface area contributed by atoms with Crippen LogP contribution in [0.2, 0.25) is 0 Å². The van der Waals surface area contributed by atoms with Gasteiger partial charge in [0.15, 0.2) is 0 Å². The lowest BCUT2D eigenvalue weighted by Gasteiger charge is -2.40. The number of hydrogen-bond donors (Lipinski definition) is 4. The molecular formula is C36H47N7O3. The van der Waals surface area contributed by atoms with E-state index in [1.165, 1.54) is 12.8 Å². The van der Waals surface area contributed by atoms with E-state index in [4.69, 9.17) is 0 Å². The van der Waals surface area contributed by atoms with E-state index in [1.54, 1.807) is 0 Å². The van der Waals surface area contributed by atoms with Crippen molar-refractivity contribution >= 4 is 34.6 Å². The van der Waals surface area contributed by atoms with E-state index < -0.39 is 6.04 Å². The van der Waals surface area contributed by atoms with Crippen LogP contribution in [0.1, 0.15) is 49.7 Å². The largest absolute Gasteiger partial charge is 0.361 e. The van der Waals surface area contributed by atoms with Crippen molar-refractivity contribution in [3.8, 4) is 0 Å². The van der Waals surface area contributed by atoms with Crippen LogP contribution in [0.3, 0.4) is 0 Å². The van der Waals surface area contributed by atoms with E-state index in [9.17, 15) is 14.4 Å². The van der Waals surface area contributed by atoms with Gasteiger partial charge in [-0.25, -0.2) is 9.59 Å². The summed E-state index contributed by atoms with van der Waals surface area (Å²) in [5, 5.41) is 10.8. The van der Waals surface area contributed by atoms with Crippen molar-refractivity contribution in [1.82, 2.24) is 30.3 Å². The van der Waals surface area contributed by atoms with Gasteiger partial charge in [0.2, 0.25) is 5.91 Å². The first kappa shape index (κ1) is 30.6. The van der Waals surface area contributed by atoms with Crippen molar-refractivity contribution in [3.05, 3.63) is 65.9 Å². The molecule has 5 amide bonds. The first-order valence-electron chi connectivity index (χ1n) is 17.3. The van der Waals surface area contributed by atoms with Crippen LogP contribution in [0.5, 0.6) is 0 Å². The average Bonchev–Trinajstić information content (AvgIpc) is 3.50. The normalized spacial score (nSPS) is 21.0. The van der Waals surface area contributed by atoms with E-state index >= 15 is 0 Å². The Bertz CT molecular complexity index is 1530. The number of fused-ring (bicyclic) bond motifs is 2. The number of nitrogens with zero attached hydrogens (tertiary/aromatic N) is 3. The van der Waals surface area contributed by atoms with Gasteiger partial charge in [0.1, 0.15) is 6.04 Å². The van der Waals surface area contributed by atoms with Crippen LogP contribution >= 0.6 is 0 Å². The number of hydrogen-bond acceptors (Lipinski definition) is 4. The summed E-state index contributed by atoms with van der Waals surface area (Å²) < 4.78 is 0. The van der Waals surface area contributed by atoms with Crippen molar-refractivity contribution < 1.29 is 14.4 Å². The minimum Gasteiger partial charge on any atom is -0.361 e. The summed E-state index contributed by atoms with van der Waals surface area (Å²) in [5.74, 6) is 1.44. The molecule has 4 aliphatic heterocycles. The minimum absolute atomic E-state index is 0.0157. The van der Waals surface area contributed by atoms with Crippen molar-refractivity contribution in [2.45, 2.75) is 63.5 Å². The number of amides is 5. The van der Waals surface area contributed by atoms with Gasteiger partial charge in [-0.2, -0.15) is 0 Å². The van der Waals surface area contributed by atoms with Crippen LogP contribution < -0.4 is 16.0 Å². The van der Waals surface area contributed by atoms with E-state index in [0.717, 1.165) is 79.1 Å². The van der Waals surface area contributed by atoms with E-state index in [0.29, 0.717) is 44.8 Å². The number of rotatable bonds is 6. The molecule has 244 valence electrons. The number of carbonyl (C=O) groups excluding carboxylic acids is 3. The number of aromatic nitrogens is 1. The molecule has 1 aromatic heterocycles. The Hall–Kier alpha value is -4.05. The van der Waals surface area contributed by atoms with Gasteiger partial charge in [0.25, 0.3) is 0 Å². The first-order chi connectivity index (χ1) is 22.5. The molecule has 5 heterocycles. The molecule has 1 atom stereocenters. The zero-order chi connectivity index (χ0) is 31.5. The van der Waals surface area contributed by atoms with Crippen LogP contribution in [0, 0.1) is 11.8 Å². The Balaban J connectivity index is 0.986. The maximum Gasteiger partial charge on any atom is 0.322 e. The molecule has 4 aliphatic rings. The van der Waals surface area contributed by atoms with Gasteiger partial charge >= 0.3 is 12.1 Å². The van der Waals surface area contributed by atoms with Gasteiger partial charge in [-0.15, -0.1) is 0 Å². The lowest BCUT2D eigenvalue weighted by molar-refractivity contribution is -0.135. The van der Waals surface area contributed by atoms with Crippen molar-refractivity contribution in [3.63, 3.8) is 0 Å². The molecule has 3 fully saturated rings. The molecular weight excluding hydrogens is 578 g/mol. The number of aromatic amines is 1. The van der Waals surface area contributed by atoms with E-state index in [1.807, 2.05) is 57.3 Å². The lowest BCUT2D eigenvalue weighted by Crippen LogP contribution is -2.57. The summed E-state index contributed by atoms with van der Waals surface area (Å²) in [6.07, 6.45) is 9.13. The zero-order valence-corrected chi connectivity index (χ0v) is 26.7. The number of benzene rings is 2. The maximum atomic E-state index is 14.1. The molecule has 10 nitrogen and oxygen atoms in total. The second kappa shape index (κ2) is 13.7. The third kappa shape index (κ3) is 6.72. The van der Waals surface area contributed by atoms with Gasteiger partial charge < -0.3 is 35.6 Å². The highest BCUT2D eigenvalue weighted by Crippen LogP contribution is 2.31.